The topological polar surface area (TPSA) is 57.4 Å². The third-order valence-corrected chi connectivity index (χ3v) is 33.4. The van der Waals surface area contributed by atoms with Crippen LogP contribution >= 0.6 is 0 Å². The zero-order chi connectivity index (χ0) is 70.1. The van der Waals surface area contributed by atoms with Crippen LogP contribution in [-0.2, 0) is 10.8 Å². The van der Waals surface area contributed by atoms with Crippen LogP contribution in [0, 0.1) is 23.7 Å². The number of allylic oxidation sites excluding steroid dienone is 1. The largest absolute Gasteiger partial charge is 0.354 e. The minimum Gasteiger partial charge on any atom is -0.354 e. The predicted molar refractivity (Wildman–Crippen MR) is 475 cm³/mol. The van der Waals surface area contributed by atoms with E-state index in [9.17, 15) is 0 Å². The summed E-state index contributed by atoms with van der Waals surface area (Å²) in [5, 5.41) is 85.4. The molecule has 0 unspecified atom stereocenters. The van der Waals surface area contributed by atoms with Gasteiger partial charge >= 0.3 is 0 Å². The Bertz CT molecular complexity index is 10700. The van der Waals surface area contributed by atoms with Crippen molar-refractivity contribution in [3.8, 4) is 68.2 Å². The van der Waals surface area contributed by atoms with E-state index in [4.69, 9.17) is 15.9 Å². The predicted octanol–water partition coefficient (Wildman–Crippen LogP) is 28.0. The summed E-state index contributed by atoms with van der Waals surface area (Å²) in [6, 6.07) is 52.1. The molecule has 4 aliphatic carbocycles. The third kappa shape index (κ3) is 3.73. The lowest BCUT2D eigenvalue weighted by molar-refractivity contribution is 0.439. The number of nitrogens with one attached hydrogen (secondary N) is 2. The third-order valence-electron chi connectivity index (χ3n) is 33.4. The Balaban J connectivity index is 0.704. The number of nitrogens with zero attached hydrogens (tertiary/aromatic N) is 2. The lowest BCUT2D eigenvalue weighted by atomic mass is 9.49. The number of H-pyrrole nitrogens is 2. The second-order valence-corrected chi connectivity index (χ2v) is 36.3. The number of hydrogen-bond donors (Lipinski definition) is 2. The summed E-state index contributed by atoms with van der Waals surface area (Å²) in [7, 11) is 0. The van der Waals surface area contributed by atoms with E-state index in [2.05, 4.69) is 198 Å². The van der Waals surface area contributed by atoms with E-state index in [1.54, 1.807) is 280 Å². The smallest absolute Gasteiger partial charge is 0.0981 e. The average molecular weight is 1400 g/mol. The fourth-order valence-electron chi connectivity index (χ4n) is 31.1. The molecule has 488 valence electrons. The number of aromatic amines is 2. The quantitative estimate of drug-likeness (QED) is 0.136. The monoisotopic (exact) mass is 1400 g/mol. The van der Waals surface area contributed by atoms with Crippen molar-refractivity contribution in [2.75, 3.05) is 0 Å². The fraction of sp³-hybridized carbons (Fsp3) is 0.0275. The van der Waals surface area contributed by atoms with Crippen LogP contribution in [0.4, 0.5) is 0 Å². The average Bonchev–Trinajstić information content (AvgIpc) is 1.38. The Hall–Kier alpha value is -14.9. The summed E-state index contributed by atoms with van der Waals surface area (Å²) < 4.78 is 0. The number of fused-ring (bicyclic) bond motifs is 8. The van der Waals surface area contributed by atoms with E-state index < -0.39 is 10.8 Å². The van der Waals surface area contributed by atoms with Crippen LogP contribution in [0.2, 0.25) is 0 Å². The van der Waals surface area contributed by atoms with Crippen LogP contribution in [0.5, 0.6) is 0 Å². The molecule has 0 spiro atoms. The molecule has 32 aromatic carbocycles. The molecule has 41 rings (SSSR count). The lowest BCUT2D eigenvalue weighted by Crippen LogP contribution is -2.49. The molecule has 0 amide bonds. The van der Waals surface area contributed by atoms with Crippen molar-refractivity contribution in [2.45, 2.75) is 17.8 Å². The van der Waals surface area contributed by atoms with Gasteiger partial charge in [-0.15, -0.1) is 0 Å². The van der Waals surface area contributed by atoms with Gasteiger partial charge < -0.3 is 9.97 Å². The number of hydrogen-bond acceptors (Lipinski definition) is 2. The second-order valence-electron chi connectivity index (χ2n) is 36.3. The molecule has 0 fully saturated rings. The summed E-state index contributed by atoms with van der Waals surface area (Å²) in [6.07, 6.45) is 6.65. The Morgan fingerprint density at radius 1 is 0.239 bits per heavy atom. The number of aromatic nitrogens is 4. The molecule has 2 aliphatic heterocycles. The molecule has 113 heavy (non-hydrogen) atoms. The highest BCUT2D eigenvalue weighted by atomic mass is 14.8. The van der Waals surface area contributed by atoms with Gasteiger partial charge in [-0.1, -0.05) is 133 Å². The molecule has 8 bridgehead atoms. The van der Waals surface area contributed by atoms with E-state index >= 15 is 0 Å². The lowest BCUT2D eigenvalue weighted by Gasteiger charge is -2.49. The highest BCUT2D eigenvalue weighted by Gasteiger charge is 2.68. The zero-order valence-corrected chi connectivity index (χ0v) is 59.0. The van der Waals surface area contributed by atoms with Crippen LogP contribution in [0.15, 0.2) is 146 Å². The Kier molecular flexibility index (Phi) is 5.90. The van der Waals surface area contributed by atoms with Gasteiger partial charge in [0.2, 0.25) is 0 Å². The van der Waals surface area contributed by atoms with Crippen molar-refractivity contribution in [3.63, 3.8) is 0 Å². The van der Waals surface area contributed by atoms with Gasteiger partial charge in [-0.3, -0.25) is 0 Å². The highest BCUT2D eigenvalue weighted by molar-refractivity contribution is 6.82. The first-order valence-electron chi connectivity index (χ1n) is 40.3. The molecule has 0 radical (unpaired) electrons. The van der Waals surface area contributed by atoms with E-state index in [0.29, 0.717) is 0 Å². The highest BCUT2D eigenvalue weighted by Crippen LogP contribution is 2.84. The molecule has 5 heterocycles. The van der Waals surface area contributed by atoms with Crippen LogP contribution < -0.4 is 0 Å². The Labute approximate surface area is 628 Å². The molecule has 4 nitrogen and oxygen atoms in total. The molecule has 2 N–H and O–H groups in total. The molecule has 35 aromatic rings. The van der Waals surface area contributed by atoms with Gasteiger partial charge in [0, 0.05) is 49.7 Å². The normalized spacial score (nSPS) is 18.1. The summed E-state index contributed by atoms with van der Waals surface area (Å²) in [6.45, 7) is 2.78. The van der Waals surface area contributed by atoms with Gasteiger partial charge in [0.15, 0.2) is 0 Å². The first kappa shape index (κ1) is 49.2. The van der Waals surface area contributed by atoms with Gasteiger partial charge in [-0.05, 0) is 397 Å². The van der Waals surface area contributed by atoms with Crippen molar-refractivity contribution < 1.29 is 0 Å². The molecular formula is C109H32N4. The van der Waals surface area contributed by atoms with Crippen molar-refractivity contribution in [1.29, 1.82) is 0 Å². The van der Waals surface area contributed by atoms with Gasteiger partial charge in [-0.2, -0.15) is 0 Å². The Morgan fingerprint density at radius 2 is 0.478 bits per heavy atom. The van der Waals surface area contributed by atoms with Crippen molar-refractivity contribution in [3.05, 3.63) is 191 Å². The molecule has 0 saturated heterocycles. The SMILES string of the molecule is CC12c3c4c5c6c7c8c(c9c%10c1c1c3c3c%11c4c4c5c5c7c7c%12c8c8c9c9c%10c%10c1c1c3c3c%11c%11c4c4c5c7c5c7c%12c8c8c9c9c%10c1c1c3c3c%11c4c5c4c7c8c9c1c34)C62C#CC#CC1=Cc2nc1c(-c1ccccc1)c1ccc([nH]1)c(-c1ccccc1)c1nc(c(-c3ccccc3)c3ccc([nH]3)c2-c2ccccc2)C=C1. The minimum atomic E-state index is -0.823. The van der Waals surface area contributed by atoms with E-state index in [1.165, 1.54) is 32.7 Å². The molecule has 4 heteroatoms. The molecule has 0 saturated carbocycles. The maximum absolute atomic E-state index is 6.03. The van der Waals surface area contributed by atoms with E-state index in [1.807, 2.05) is 0 Å². The molecule has 0 atom stereocenters. The molecular weight excluding hydrogens is 1370 g/mol. The summed E-state index contributed by atoms with van der Waals surface area (Å²) in [5.74, 6) is 16.7. The zero-order valence-electron chi connectivity index (χ0n) is 59.0. The van der Waals surface area contributed by atoms with Gasteiger partial charge in [0.1, 0.15) is 0 Å². The van der Waals surface area contributed by atoms with Crippen LogP contribution in [0.25, 0.3) is 381 Å². The Morgan fingerprint density at radius 3 is 0.761 bits per heavy atom. The van der Waals surface area contributed by atoms with Gasteiger partial charge in [-0.25, -0.2) is 9.97 Å². The first-order valence-corrected chi connectivity index (χ1v) is 40.3. The second kappa shape index (κ2) is 13.6. The van der Waals surface area contributed by atoms with Crippen LogP contribution in [0.3, 0.4) is 0 Å². The minimum absolute atomic E-state index is 0.602. The maximum atomic E-state index is 6.03. The number of rotatable bonds is 4. The summed E-state index contributed by atoms with van der Waals surface area (Å²) in [4.78, 5) is 19.8. The molecule has 6 aliphatic rings. The standard InChI is InChI=1S/C109H32N4/c1-108-103-95-87-77-67-59-51-49-50-53-57-55(51)63-71-65(57)75-69-61(53)62-54(50)58-56-52(49)60(59)68-74-64(56)72-66(58)76-70(62)80-79(69)91-85(75)93-83(71)89(81(87)73(63)67)97(103)99(93)105-101(91)102-92(80)86(76)94-84(72)90-82(74)88(78(68)77)96(95)104(108)98(90)100(94)106(102)109(105,108)31-15-14-24-37-32-44-47(35-20-10-4-11-21-35)42-28-27-40(111-42)45(33-16-6-2-7-17-33)38-25-26-39(110-38)46(34-18-8-3-9-19-34)41-29-30-43(112-41)48(107(37)113-44)36-22-12-5-13-23-36/h2-13,16-23,25-30,32,111-112H,1H3. The van der Waals surface area contributed by atoms with Gasteiger partial charge in [0.25, 0.3) is 0 Å². The van der Waals surface area contributed by atoms with Crippen molar-refractivity contribution in [2.24, 2.45) is 0 Å². The molecule has 3 aromatic heterocycles. The van der Waals surface area contributed by atoms with Crippen molar-refractivity contribution >= 4 is 337 Å². The summed E-state index contributed by atoms with van der Waals surface area (Å²) >= 11 is 0. The van der Waals surface area contributed by atoms with E-state index in [0.717, 1.165) is 94.9 Å². The van der Waals surface area contributed by atoms with Crippen molar-refractivity contribution in [1.82, 2.24) is 19.9 Å². The maximum Gasteiger partial charge on any atom is 0.0981 e. The van der Waals surface area contributed by atoms with E-state index in [-0.39, 0.29) is 0 Å². The van der Waals surface area contributed by atoms with Gasteiger partial charge in [0.05, 0.1) is 33.8 Å². The first-order chi connectivity index (χ1) is 56.1. The number of benzene rings is 22. The van der Waals surface area contributed by atoms with Crippen LogP contribution in [0.1, 0.15) is 52.0 Å². The van der Waals surface area contributed by atoms with Crippen LogP contribution in [-0.4, -0.2) is 19.9 Å². The summed E-state index contributed by atoms with van der Waals surface area (Å²) in [5.41, 5.74) is 21.0. The fourth-order valence-corrected chi connectivity index (χ4v) is 31.1.